The fourth-order valence-corrected chi connectivity index (χ4v) is 3.07. The van der Waals surface area contributed by atoms with Crippen LogP contribution in [0.5, 0.6) is 0 Å². The Morgan fingerprint density at radius 1 is 1.41 bits per heavy atom. The fourth-order valence-electron chi connectivity index (χ4n) is 1.55. The van der Waals surface area contributed by atoms with Crippen LogP contribution in [0.4, 0.5) is 0 Å². The van der Waals surface area contributed by atoms with Crippen molar-refractivity contribution in [3.8, 4) is 0 Å². The quantitative estimate of drug-likeness (QED) is 0.794. The molecular formula is C10H11ClN2O3S. The highest BCUT2D eigenvalue weighted by Gasteiger charge is 2.34. The van der Waals surface area contributed by atoms with Crippen molar-refractivity contribution >= 4 is 27.5 Å². The predicted molar refractivity (Wildman–Crippen MR) is 63.9 cm³/mol. The molecule has 0 amide bonds. The molecule has 0 saturated carbocycles. The Balaban J connectivity index is 2.68. The molecule has 0 aromatic heterocycles. The fraction of sp³-hybridized carbons (Fsp3) is 0.300. The van der Waals surface area contributed by atoms with Crippen LogP contribution in [0, 0.1) is 0 Å². The molecule has 0 atom stereocenters. The summed E-state index contributed by atoms with van der Waals surface area (Å²) in [5, 5.41) is 10.9. The SMILES string of the molecule is CC(C)N(O)C1=NS(=O)(=O)c2cccc(Cl)c21. The maximum absolute atomic E-state index is 11.8. The van der Waals surface area contributed by atoms with Crippen LogP contribution in [-0.4, -0.2) is 30.6 Å². The second-order valence-electron chi connectivity index (χ2n) is 3.94. The van der Waals surface area contributed by atoms with E-state index >= 15 is 0 Å². The summed E-state index contributed by atoms with van der Waals surface area (Å²) in [6.07, 6.45) is 0. The van der Waals surface area contributed by atoms with Gasteiger partial charge in [-0.1, -0.05) is 17.7 Å². The number of nitrogens with zero attached hydrogens (tertiary/aromatic N) is 2. The van der Waals surface area contributed by atoms with Gasteiger partial charge in [-0.2, -0.15) is 8.42 Å². The number of rotatable bonds is 1. The van der Waals surface area contributed by atoms with Crippen LogP contribution in [0.25, 0.3) is 0 Å². The van der Waals surface area contributed by atoms with Crippen molar-refractivity contribution in [1.29, 1.82) is 0 Å². The molecule has 17 heavy (non-hydrogen) atoms. The molecular weight excluding hydrogens is 264 g/mol. The molecule has 5 nitrogen and oxygen atoms in total. The van der Waals surface area contributed by atoms with Gasteiger partial charge in [0.05, 0.1) is 16.6 Å². The van der Waals surface area contributed by atoms with E-state index < -0.39 is 10.0 Å². The summed E-state index contributed by atoms with van der Waals surface area (Å²) in [5.41, 5.74) is 0.255. The summed E-state index contributed by atoms with van der Waals surface area (Å²) < 4.78 is 27.1. The van der Waals surface area contributed by atoms with Crippen molar-refractivity contribution in [3.63, 3.8) is 0 Å². The van der Waals surface area contributed by atoms with Crippen molar-refractivity contribution in [2.24, 2.45) is 4.40 Å². The van der Waals surface area contributed by atoms with Gasteiger partial charge in [-0.15, -0.1) is 4.40 Å². The number of hydroxylamine groups is 2. The summed E-state index contributed by atoms with van der Waals surface area (Å²) >= 11 is 5.96. The highest BCUT2D eigenvalue weighted by Crippen LogP contribution is 2.32. The van der Waals surface area contributed by atoms with E-state index in [0.29, 0.717) is 0 Å². The largest absolute Gasteiger partial charge is 0.287 e. The molecule has 1 N–H and O–H groups in total. The lowest BCUT2D eigenvalue weighted by Gasteiger charge is -2.20. The number of hydrogen-bond donors (Lipinski definition) is 1. The Hall–Kier alpha value is -1.11. The minimum absolute atomic E-state index is 0.0272. The minimum Gasteiger partial charge on any atom is -0.287 e. The average Bonchev–Trinajstić information content (AvgIpc) is 2.51. The lowest BCUT2D eigenvalue weighted by atomic mass is 10.2. The highest BCUT2D eigenvalue weighted by molar-refractivity contribution is 7.90. The van der Waals surface area contributed by atoms with Crippen molar-refractivity contribution < 1.29 is 13.6 Å². The molecule has 0 saturated heterocycles. The van der Waals surface area contributed by atoms with Gasteiger partial charge < -0.3 is 0 Å². The monoisotopic (exact) mass is 274 g/mol. The van der Waals surface area contributed by atoms with Gasteiger partial charge in [0.2, 0.25) is 0 Å². The molecule has 1 heterocycles. The Morgan fingerprint density at radius 3 is 2.65 bits per heavy atom. The van der Waals surface area contributed by atoms with Gasteiger partial charge in [0.15, 0.2) is 5.84 Å². The molecule has 1 aromatic rings. The Morgan fingerprint density at radius 2 is 2.06 bits per heavy atom. The van der Waals surface area contributed by atoms with E-state index in [1.54, 1.807) is 19.9 Å². The van der Waals surface area contributed by atoms with Crippen LogP contribution in [0.2, 0.25) is 5.02 Å². The molecule has 1 aromatic carbocycles. The predicted octanol–water partition coefficient (Wildman–Crippen LogP) is 1.89. The summed E-state index contributed by atoms with van der Waals surface area (Å²) in [4.78, 5) is 0.0275. The molecule has 92 valence electrons. The molecule has 2 rings (SSSR count). The van der Waals surface area contributed by atoms with Crippen LogP contribution in [-0.2, 0) is 10.0 Å². The molecule has 1 aliphatic heterocycles. The molecule has 0 aliphatic carbocycles. The highest BCUT2D eigenvalue weighted by atomic mass is 35.5. The second-order valence-corrected chi connectivity index (χ2v) is 5.92. The summed E-state index contributed by atoms with van der Waals surface area (Å²) in [7, 11) is -3.75. The van der Waals surface area contributed by atoms with Gasteiger partial charge >= 0.3 is 0 Å². The Bertz CT molecular complexity index is 596. The number of benzene rings is 1. The maximum Gasteiger partial charge on any atom is 0.285 e. The number of sulfonamides is 1. The maximum atomic E-state index is 11.8. The zero-order valence-corrected chi connectivity index (χ0v) is 10.8. The normalized spacial score (nSPS) is 16.9. The van der Waals surface area contributed by atoms with Crippen LogP contribution in [0.15, 0.2) is 27.5 Å². The van der Waals surface area contributed by atoms with Gasteiger partial charge in [-0.25, -0.2) is 5.06 Å². The van der Waals surface area contributed by atoms with Crippen molar-refractivity contribution in [2.45, 2.75) is 24.8 Å². The first-order chi connectivity index (χ1) is 7.84. The topological polar surface area (TPSA) is 70.0 Å². The minimum atomic E-state index is -3.75. The molecule has 0 radical (unpaired) electrons. The Kier molecular flexibility index (Phi) is 2.89. The van der Waals surface area contributed by atoms with Gasteiger partial charge in [0, 0.05) is 0 Å². The molecule has 0 spiro atoms. The lowest BCUT2D eigenvalue weighted by molar-refractivity contribution is -0.0409. The van der Waals surface area contributed by atoms with Crippen molar-refractivity contribution in [1.82, 2.24) is 5.06 Å². The number of halogens is 1. The number of fused-ring (bicyclic) bond motifs is 1. The standard InChI is InChI=1S/C10H11ClN2O3S/c1-6(2)13(14)10-9-7(11)4-3-5-8(9)17(15,16)12-10/h3-6,14H,1-2H3. The van der Waals surface area contributed by atoms with E-state index in [9.17, 15) is 13.6 Å². The van der Waals surface area contributed by atoms with E-state index in [4.69, 9.17) is 11.6 Å². The van der Waals surface area contributed by atoms with Crippen LogP contribution < -0.4 is 0 Å². The van der Waals surface area contributed by atoms with Gasteiger partial charge in [0.25, 0.3) is 10.0 Å². The first-order valence-corrected chi connectivity index (χ1v) is 6.78. The first kappa shape index (κ1) is 12.3. The van der Waals surface area contributed by atoms with Crippen molar-refractivity contribution in [3.05, 3.63) is 28.8 Å². The van der Waals surface area contributed by atoms with Crippen LogP contribution >= 0.6 is 11.6 Å². The Labute approximate surface area is 104 Å². The molecule has 7 heteroatoms. The van der Waals surface area contributed by atoms with Crippen LogP contribution in [0.3, 0.4) is 0 Å². The van der Waals surface area contributed by atoms with Gasteiger partial charge in [0.1, 0.15) is 4.90 Å². The number of hydrogen-bond acceptors (Lipinski definition) is 4. The first-order valence-electron chi connectivity index (χ1n) is 4.96. The molecule has 0 bridgehead atoms. The summed E-state index contributed by atoms with van der Waals surface area (Å²) in [6, 6.07) is 4.21. The third-order valence-corrected chi connectivity index (χ3v) is 4.01. The molecule has 0 fully saturated rings. The smallest absolute Gasteiger partial charge is 0.285 e. The van der Waals surface area contributed by atoms with E-state index in [1.807, 2.05) is 0 Å². The summed E-state index contributed by atoms with van der Waals surface area (Å²) in [6.45, 7) is 3.42. The third kappa shape index (κ3) is 1.92. The zero-order chi connectivity index (χ0) is 12.8. The van der Waals surface area contributed by atoms with E-state index in [1.165, 1.54) is 12.1 Å². The summed E-state index contributed by atoms with van der Waals surface area (Å²) in [5.74, 6) is -0.0272. The molecule has 1 aliphatic rings. The zero-order valence-electron chi connectivity index (χ0n) is 9.25. The van der Waals surface area contributed by atoms with Gasteiger partial charge in [-0.05, 0) is 26.0 Å². The third-order valence-electron chi connectivity index (χ3n) is 2.39. The van der Waals surface area contributed by atoms with Crippen LogP contribution in [0.1, 0.15) is 19.4 Å². The second kappa shape index (κ2) is 3.97. The van der Waals surface area contributed by atoms with Crippen molar-refractivity contribution in [2.75, 3.05) is 0 Å². The molecule has 0 unspecified atom stereocenters. The van der Waals surface area contributed by atoms with E-state index in [2.05, 4.69) is 4.40 Å². The number of amidine groups is 1. The average molecular weight is 275 g/mol. The van der Waals surface area contributed by atoms with Gasteiger partial charge in [-0.3, -0.25) is 5.21 Å². The van der Waals surface area contributed by atoms with E-state index in [-0.39, 0.29) is 27.4 Å². The lowest BCUT2D eigenvalue weighted by Crippen LogP contribution is -2.33. The van der Waals surface area contributed by atoms with E-state index in [0.717, 1.165) is 5.06 Å².